The Morgan fingerprint density at radius 2 is 1.82 bits per heavy atom. The van der Waals surface area contributed by atoms with Crippen LogP contribution in [0.2, 0.25) is 0 Å². The van der Waals surface area contributed by atoms with Gasteiger partial charge in [0.1, 0.15) is 11.3 Å². The molecule has 0 saturated carbocycles. The first-order chi connectivity index (χ1) is 10.5. The van der Waals surface area contributed by atoms with E-state index < -0.39 is 5.97 Å². The molecule has 0 unspecified atom stereocenters. The number of hydrogen-bond acceptors (Lipinski definition) is 3. The Kier molecular flexibility index (Phi) is 4.03. The van der Waals surface area contributed by atoms with Gasteiger partial charge in [0.25, 0.3) is 0 Å². The van der Waals surface area contributed by atoms with E-state index in [1.165, 1.54) is 5.56 Å². The zero-order valence-corrected chi connectivity index (χ0v) is 13.9. The number of benzene rings is 2. The van der Waals surface area contributed by atoms with Gasteiger partial charge >= 0.3 is 5.97 Å². The summed E-state index contributed by atoms with van der Waals surface area (Å²) in [6, 6.07) is 14.8. The van der Waals surface area contributed by atoms with Crippen LogP contribution in [0.1, 0.15) is 35.9 Å². The molecule has 3 aromatic rings. The summed E-state index contributed by atoms with van der Waals surface area (Å²) in [7, 11) is 0. The highest BCUT2D eigenvalue weighted by Crippen LogP contribution is 2.25. The Labute approximate surface area is 137 Å². The number of rotatable bonds is 3. The van der Waals surface area contributed by atoms with Gasteiger partial charge in [0.2, 0.25) is 5.76 Å². The second-order valence-electron chi connectivity index (χ2n) is 5.41. The summed E-state index contributed by atoms with van der Waals surface area (Å²) in [6.45, 7) is 4.24. The highest BCUT2D eigenvalue weighted by molar-refractivity contribution is 9.10. The second kappa shape index (κ2) is 5.97. The smallest absolute Gasteiger partial charge is 0.379 e. The fourth-order valence-electron chi connectivity index (χ4n) is 2.19. The third-order valence-corrected chi connectivity index (χ3v) is 3.93. The van der Waals surface area contributed by atoms with E-state index in [-0.39, 0.29) is 5.76 Å². The van der Waals surface area contributed by atoms with Gasteiger partial charge in [-0.15, -0.1) is 0 Å². The number of ether oxygens (including phenoxy) is 1. The lowest BCUT2D eigenvalue weighted by Gasteiger charge is -2.06. The Bertz CT molecular complexity index is 816. The molecule has 0 N–H and O–H groups in total. The molecule has 1 heterocycles. The minimum atomic E-state index is -0.496. The highest BCUT2D eigenvalue weighted by atomic mass is 79.9. The summed E-state index contributed by atoms with van der Waals surface area (Å²) >= 11 is 3.39. The Morgan fingerprint density at radius 3 is 2.50 bits per heavy atom. The van der Waals surface area contributed by atoms with Gasteiger partial charge < -0.3 is 9.15 Å². The first-order valence-electron chi connectivity index (χ1n) is 7.04. The normalized spacial score (nSPS) is 11.1. The van der Waals surface area contributed by atoms with Crippen molar-refractivity contribution in [1.29, 1.82) is 0 Å². The number of furan rings is 1. The molecule has 2 aromatic carbocycles. The van der Waals surface area contributed by atoms with Crippen molar-refractivity contribution in [1.82, 2.24) is 0 Å². The Balaban J connectivity index is 1.80. The molecule has 0 fully saturated rings. The summed E-state index contributed by atoms with van der Waals surface area (Å²) in [5, 5.41) is 0.858. The summed E-state index contributed by atoms with van der Waals surface area (Å²) < 4.78 is 11.8. The largest absolute Gasteiger partial charge is 0.449 e. The number of fused-ring (bicyclic) bond motifs is 1. The average molecular weight is 359 g/mol. The minimum absolute atomic E-state index is 0.195. The fourth-order valence-corrected chi connectivity index (χ4v) is 2.57. The van der Waals surface area contributed by atoms with E-state index in [2.05, 4.69) is 29.8 Å². The molecule has 0 bridgehead atoms. The molecule has 0 amide bonds. The van der Waals surface area contributed by atoms with Crippen molar-refractivity contribution in [2.75, 3.05) is 0 Å². The van der Waals surface area contributed by atoms with E-state index in [9.17, 15) is 4.79 Å². The van der Waals surface area contributed by atoms with Gasteiger partial charge in [0.15, 0.2) is 0 Å². The molecule has 3 rings (SSSR count). The Hall–Kier alpha value is -2.07. The predicted molar refractivity (Wildman–Crippen MR) is 89.4 cm³/mol. The summed E-state index contributed by atoms with van der Waals surface area (Å²) in [5.74, 6) is 0.653. The molecule has 0 spiro atoms. The average Bonchev–Trinajstić information content (AvgIpc) is 2.91. The zero-order chi connectivity index (χ0) is 15.7. The van der Waals surface area contributed by atoms with Crippen LogP contribution >= 0.6 is 15.9 Å². The highest BCUT2D eigenvalue weighted by Gasteiger charge is 2.15. The third kappa shape index (κ3) is 3.07. The maximum Gasteiger partial charge on any atom is 0.379 e. The summed E-state index contributed by atoms with van der Waals surface area (Å²) in [6.07, 6.45) is 0. The molecule has 0 aliphatic heterocycles. The van der Waals surface area contributed by atoms with Crippen molar-refractivity contribution in [3.63, 3.8) is 0 Å². The van der Waals surface area contributed by atoms with Crippen LogP contribution in [0.5, 0.6) is 5.75 Å². The third-order valence-electron chi connectivity index (χ3n) is 3.44. The first kappa shape index (κ1) is 14.9. The zero-order valence-electron chi connectivity index (χ0n) is 12.3. The van der Waals surface area contributed by atoms with Crippen molar-refractivity contribution in [2.24, 2.45) is 0 Å². The van der Waals surface area contributed by atoms with Crippen molar-refractivity contribution < 1.29 is 13.9 Å². The van der Waals surface area contributed by atoms with Crippen molar-refractivity contribution >= 4 is 32.9 Å². The van der Waals surface area contributed by atoms with Gasteiger partial charge in [-0.1, -0.05) is 41.9 Å². The van der Waals surface area contributed by atoms with Gasteiger partial charge in [-0.2, -0.15) is 0 Å². The van der Waals surface area contributed by atoms with E-state index in [1.807, 2.05) is 30.3 Å². The molecule has 0 radical (unpaired) electrons. The van der Waals surface area contributed by atoms with Crippen LogP contribution in [-0.2, 0) is 0 Å². The SMILES string of the molecule is CC(C)c1ccc(OC(=O)c2cc3cc(Br)ccc3o2)cc1. The van der Waals surface area contributed by atoms with Crippen LogP contribution in [0.15, 0.2) is 57.4 Å². The first-order valence-corrected chi connectivity index (χ1v) is 7.83. The number of carbonyl (C=O) groups is 1. The minimum Gasteiger partial charge on any atom is -0.449 e. The van der Waals surface area contributed by atoms with Crippen molar-refractivity contribution in [3.05, 3.63) is 64.3 Å². The van der Waals surface area contributed by atoms with E-state index >= 15 is 0 Å². The molecular formula is C18H15BrO3. The quantitative estimate of drug-likeness (QED) is 0.455. The fraction of sp³-hybridized carbons (Fsp3) is 0.167. The summed E-state index contributed by atoms with van der Waals surface area (Å²) in [4.78, 5) is 12.2. The van der Waals surface area contributed by atoms with Crippen LogP contribution < -0.4 is 4.74 Å². The topological polar surface area (TPSA) is 39.4 Å². The molecular weight excluding hydrogens is 344 g/mol. The van der Waals surface area contributed by atoms with Gasteiger partial charge in [-0.25, -0.2) is 4.79 Å². The van der Waals surface area contributed by atoms with Crippen LogP contribution in [0.4, 0.5) is 0 Å². The molecule has 0 aliphatic rings. The van der Waals surface area contributed by atoms with Crippen LogP contribution in [0.25, 0.3) is 11.0 Å². The summed E-state index contributed by atoms with van der Waals surface area (Å²) in [5.41, 5.74) is 1.86. The van der Waals surface area contributed by atoms with E-state index in [0.29, 0.717) is 17.3 Å². The van der Waals surface area contributed by atoms with Gasteiger partial charge in [-0.3, -0.25) is 0 Å². The maximum atomic E-state index is 12.2. The molecule has 0 aliphatic carbocycles. The van der Waals surface area contributed by atoms with Gasteiger partial charge in [0.05, 0.1) is 0 Å². The number of carbonyl (C=O) groups excluding carboxylic acids is 1. The Morgan fingerprint density at radius 1 is 1.09 bits per heavy atom. The lowest BCUT2D eigenvalue weighted by Crippen LogP contribution is -2.07. The van der Waals surface area contributed by atoms with Crippen LogP contribution in [-0.4, -0.2) is 5.97 Å². The molecule has 22 heavy (non-hydrogen) atoms. The van der Waals surface area contributed by atoms with Crippen LogP contribution in [0, 0.1) is 0 Å². The molecule has 112 valence electrons. The predicted octanol–water partition coefficient (Wildman–Crippen LogP) is 5.54. The van der Waals surface area contributed by atoms with Gasteiger partial charge in [-0.05, 0) is 47.9 Å². The number of halogens is 1. The number of hydrogen-bond donors (Lipinski definition) is 0. The molecule has 0 atom stereocenters. The van der Waals surface area contributed by atoms with E-state index in [1.54, 1.807) is 18.2 Å². The van der Waals surface area contributed by atoms with E-state index in [0.717, 1.165) is 9.86 Å². The lowest BCUT2D eigenvalue weighted by atomic mass is 10.0. The monoisotopic (exact) mass is 358 g/mol. The standard InChI is InChI=1S/C18H15BrO3/c1-11(2)12-3-6-15(7-4-12)21-18(20)17-10-13-9-14(19)5-8-16(13)22-17/h3-11H,1-2H3. The van der Waals surface area contributed by atoms with Crippen LogP contribution in [0.3, 0.4) is 0 Å². The molecule has 3 nitrogen and oxygen atoms in total. The van der Waals surface area contributed by atoms with Crippen molar-refractivity contribution in [2.45, 2.75) is 19.8 Å². The van der Waals surface area contributed by atoms with Gasteiger partial charge in [0, 0.05) is 9.86 Å². The number of esters is 1. The van der Waals surface area contributed by atoms with Crippen molar-refractivity contribution in [3.8, 4) is 5.75 Å². The van der Waals surface area contributed by atoms with E-state index in [4.69, 9.17) is 9.15 Å². The molecule has 1 aromatic heterocycles. The second-order valence-corrected chi connectivity index (χ2v) is 6.32. The lowest BCUT2D eigenvalue weighted by molar-refractivity contribution is 0.0704. The molecule has 4 heteroatoms. The maximum absolute atomic E-state index is 12.2. The molecule has 0 saturated heterocycles.